The average Bonchev–Trinajstić information content (AvgIpc) is 1.59. The van der Waals surface area contributed by atoms with Gasteiger partial charge in [-0.1, -0.05) is 322 Å². The largest absolute Gasteiger partial charge is 0.309 e. The summed E-state index contributed by atoms with van der Waals surface area (Å²) >= 11 is 3.82. The summed E-state index contributed by atoms with van der Waals surface area (Å²) in [6.07, 6.45) is 0. The number of nitrogens with zero attached hydrogens (tertiary/aromatic N) is 2. The van der Waals surface area contributed by atoms with Gasteiger partial charge in [0.05, 0.1) is 22.1 Å². The summed E-state index contributed by atoms with van der Waals surface area (Å²) in [5.74, 6) is 0. The second-order valence-corrected chi connectivity index (χ2v) is 31.0. The van der Waals surface area contributed by atoms with Crippen LogP contribution >= 0.6 is 22.7 Å². The van der Waals surface area contributed by atoms with Gasteiger partial charge < -0.3 is 9.13 Å². The van der Waals surface area contributed by atoms with Crippen molar-refractivity contribution in [3.8, 4) is 123 Å². The van der Waals surface area contributed by atoms with Crippen LogP contribution in [0.5, 0.6) is 0 Å². The Morgan fingerprint density at radius 1 is 0.134 bits per heavy atom. The van der Waals surface area contributed by atoms with E-state index in [-0.39, 0.29) is 0 Å². The molecule has 0 fully saturated rings. The standard InChI is InChI=1S/2C54H35NS/c1-4-15-36(16-5-1)38-19-12-20-39(31-38)41-32-42(40-29-30-52-50(35-40)47-23-10-11-28-51(47)55(52)44-21-8-3-9-22-44)34-43(33-41)46-25-14-27-49-48-26-13-24-45(53(48)56-54(46)49)37-17-6-2-7-18-37;1-4-14-36(15-5-1)37-26-28-38(29-27-37)41-32-42(40-30-31-52-50(35-40)47-20-10-11-25-51(47)55(52)44-18-8-3-9-19-44)34-43(33-41)46-22-13-24-49-48-23-12-21-45(53(48)56-54(46)49)39-16-6-2-7-17-39/h2*1-35H. The minimum absolute atomic E-state index is 1.17. The lowest BCUT2D eigenvalue weighted by Gasteiger charge is -2.13. The van der Waals surface area contributed by atoms with Gasteiger partial charge in [-0.25, -0.2) is 0 Å². The lowest BCUT2D eigenvalue weighted by Crippen LogP contribution is -1.93. The molecule has 0 aliphatic carbocycles. The molecule has 0 unspecified atom stereocenters. The molecule has 0 radical (unpaired) electrons. The van der Waals surface area contributed by atoms with Crippen LogP contribution in [-0.4, -0.2) is 9.13 Å². The van der Waals surface area contributed by atoms with Crippen LogP contribution in [0.1, 0.15) is 0 Å². The maximum Gasteiger partial charge on any atom is 0.0541 e. The Hall–Kier alpha value is -14.0. The van der Waals surface area contributed by atoms with Gasteiger partial charge in [-0.2, -0.15) is 0 Å². The van der Waals surface area contributed by atoms with Gasteiger partial charge in [0.2, 0.25) is 0 Å². The molecule has 0 aliphatic heterocycles. The fourth-order valence-electron chi connectivity index (χ4n) is 17.0. The first kappa shape index (κ1) is 66.2. The van der Waals surface area contributed by atoms with Gasteiger partial charge in [-0.15, -0.1) is 22.7 Å². The van der Waals surface area contributed by atoms with E-state index < -0.39 is 0 Å². The van der Waals surface area contributed by atoms with Gasteiger partial charge in [-0.05, 0) is 214 Å². The molecule has 0 amide bonds. The van der Waals surface area contributed by atoms with Crippen molar-refractivity contribution in [1.29, 1.82) is 0 Å². The normalized spacial score (nSPS) is 11.6. The Kier molecular flexibility index (Phi) is 16.7. The third-order valence-corrected chi connectivity index (χ3v) is 25.0. The SMILES string of the molecule is c1ccc(-c2ccc(-c3cc(-c4ccc5c(c4)c4ccccc4n5-c4ccccc4)cc(-c4cccc5c4sc4c(-c6ccccc6)cccc45)c3)cc2)cc1.c1ccc(-c2cccc(-c3cc(-c4ccc5c(c4)c4ccccc4n5-c4ccccc4)cc(-c4cccc5c4sc4c(-c6ccccc6)cccc45)c3)c2)cc1. The van der Waals surface area contributed by atoms with E-state index in [0.29, 0.717) is 0 Å². The van der Waals surface area contributed by atoms with Crippen molar-refractivity contribution in [2.75, 3.05) is 0 Å². The van der Waals surface area contributed by atoms with Crippen molar-refractivity contribution in [2.45, 2.75) is 0 Å². The van der Waals surface area contributed by atoms with Crippen LogP contribution in [0.4, 0.5) is 0 Å². The number of thiophene rings is 2. The number of hydrogen-bond donors (Lipinski definition) is 0. The molecule has 112 heavy (non-hydrogen) atoms. The molecule has 0 saturated heterocycles. The molecule has 524 valence electrons. The summed E-state index contributed by atoms with van der Waals surface area (Å²) in [5.41, 5.74) is 31.7. The highest BCUT2D eigenvalue weighted by Gasteiger charge is 2.22. The van der Waals surface area contributed by atoms with Crippen molar-refractivity contribution < 1.29 is 0 Å². The van der Waals surface area contributed by atoms with E-state index in [1.54, 1.807) is 0 Å². The Bertz CT molecular complexity index is 7320. The molecule has 0 N–H and O–H groups in total. The van der Waals surface area contributed by atoms with Crippen molar-refractivity contribution in [2.24, 2.45) is 0 Å². The minimum atomic E-state index is 1.17. The third kappa shape index (κ3) is 11.9. The number of fused-ring (bicyclic) bond motifs is 12. The molecule has 0 atom stereocenters. The highest BCUT2D eigenvalue weighted by molar-refractivity contribution is 7.27. The molecule has 18 aromatic carbocycles. The molecule has 2 nitrogen and oxygen atoms in total. The van der Waals surface area contributed by atoms with Gasteiger partial charge in [0.15, 0.2) is 0 Å². The van der Waals surface area contributed by atoms with Gasteiger partial charge >= 0.3 is 0 Å². The molecular weight excluding hydrogens is 1390 g/mol. The summed E-state index contributed by atoms with van der Waals surface area (Å²) in [4.78, 5) is 0. The van der Waals surface area contributed by atoms with E-state index in [2.05, 4.69) is 434 Å². The zero-order chi connectivity index (χ0) is 74.0. The van der Waals surface area contributed by atoms with Gasteiger partial charge in [0, 0.05) is 73.3 Å². The number of para-hydroxylation sites is 4. The van der Waals surface area contributed by atoms with E-state index >= 15 is 0 Å². The van der Waals surface area contributed by atoms with Gasteiger partial charge in [-0.3, -0.25) is 0 Å². The Morgan fingerprint density at radius 2 is 0.366 bits per heavy atom. The lowest BCUT2D eigenvalue weighted by molar-refractivity contribution is 1.18. The smallest absolute Gasteiger partial charge is 0.0541 e. The first-order chi connectivity index (χ1) is 55.5. The number of benzene rings is 18. The fourth-order valence-corrected chi connectivity index (χ4v) is 19.8. The van der Waals surface area contributed by atoms with Crippen LogP contribution in [0.15, 0.2) is 425 Å². The summed E-state index contributed by atoms with van der Waals surface area (Å²) in [7, 11) is 0. The summed E-state index contributed by atoms with van der Waals surface area (Å²) in [6.45, 7) is 0. The molecule has 4 heteroatoms. The quantitative estimate of drug-likeness (QED) is 0.115. The molecule has 0 bridgehead atoms. The molecule has 22 aromatic rings. The molecule has 4 heterocycles. The van der Waals surface area contributed by atoms with E-state index in [1.165, 1.54) is 207 Å². The molecule has 0 aliphatic rings. The van der Waals surface area contributed by atoms with Crippen molar-refractivity contribution in [3.05, 3.63) is 425 Å². The Labute approximate surface area is 658 Å². The second-order valence-electron chi connectivity index (χ2n) is 29.0. The predicted molar refractivity (Wildman–Crippen MR) is 482 cm³/mol. The zero-order valence-corrected chi connectivity index (χ0v) is 62.8. The van der Waals surface area contributed by atoms with E-state index in [1.807, 2.05) is 22.7 Å². The van der Waals surface area contributed by atoms with Gasteiger partial charge in [0.1, 0.15) is 0 Å². The van der Waals surface area contributed by atoms with Crippen molar-refractivity contribution in [1.82, 2.24) is 9.13 Å². The highest BCUT2D eigenvalue weighted by atomic mass is 32.1. The Balaban J connectivity index is 0.000000141. The minimum Gasteiger partial charge on any atom is -0.309 e. The number of rotatable bonds is 12. The highest BCUT2D eigenvalue weighted by Crippen LogP contribution is 2.49. The van der Waals surface area contributed by atoms with Gasteiger partial charge in [0.25, 0.3) is 0 Å². The van der Waals surface area contributed by atoms with Crippen LogP contribution in [-0.2, 0) is 0 Å². The number of aromatic nitrogens is 2. The Morgan fingerprint density at radius 3 is 0.759 bits per heavy atom. The zero-order valence-electron chi connectivity index (χ0n) is 61.1. The molecule has 0 saturated carbocycles. The third-order valence-electron chi connectivity index (χ3n) is 22.4. The molecular formula is C108H70N2S2. The first-order valence-electron chi connectivity index (χ1n) is 38.3. The summed E-state index contributed by atoms with van der Waals surface area (Å²) in [5, 5.41) is 10.2. The summed E-state index contributed by atoms with van der Waals surface area (Å²) in [6, 6.07) is 155. The van der Waals surface area contributed by atoms with Crippen molar-refractivity contribution in [3.63, 3.8) is 0 Å². The molecule has 22 rings (SSSR count). The monoisotopic (exact) mass is 1460 g/mol. The van der Waals surface area contributed by atoms with E-state index in [9.17, 15) is 0 Å². The summed E-state index contributed by atoms with van der Waals surface area (Å²) < 4.78 is 10.1. The van der Waals surface area contributed by atoms with Crippen LogP contribution < -0.4 is 0 Å². The van der Waals surface area contributed by atoms with E-state index in [4.69, 9.17) is 0 Å². The average molecular weight is 1460 g/mol. The number of hydrogen-bond acceptors (Lipinski definition) is 2. The molecule has 4 aromatic heterocycles. The first-order valence-corrected chi connectivity index (χ1v) is 40.0. The van der Waals surface area contributed by atoms with E-state index in [0.717, 1.165) is 0 Å². The second kappa shape index (κ2) is 28.2. The van der Waals surface area contributed by atoms with Crippen molar-refractivity contribution >= 4 is 107 Å². The lowest BCUT2D eigenvalue weighted by atomic mass is 9.91. The maximum atomic E-state index is 2.40. The van der Waals surface area contributed by atoms with Crippen LogP contribution in [0, 0.1) is 0 Å². The fraction of sp³-hybridized carbons (Fsp3) is 0. The van der Waals surface area contributed by atoms with Crippen LogP contribution in [0.2, 0.25) is 0 Å². The molecule has 0 spiro atoms. The van der Waals surface area contributed by atoms with Crippen LogP contribution in [0.25, 0.3) is 207 Å². The topological polar surface area (TPSA) is 9.86 Å². The maximum absolute atomic E-state index is 2.40. The predicted octanol–water partition coefficient (Wildman–Crippen LogP) is 31.0. The van der Waals surface area contributed by atoms with Crippen LogP contribution in [0.3, 0.4) is 0 Å².